The molecule has 0 radical (unpaired) electrons. The number of alkyl halides is 1. The lowest BCUT2D eigenvalue weighted by molar-refractivity contribution is 0.296. The predicted molar refractivity (Wildman–Crippen MR) is 71.8 cm³/mol. The fourth-order valence-corrected chi connectivity index (χ4v) is 1.84. The molecule has 2 rings (SSSR count). The predicted octanol–water partition coefficient (Wildman–Crippen LogP) is 3.23. The van der Waals surface area contributed by atoms with Gasteiger partial charge < -0.3 is 4.74 Å². The van der Waals surface area contributed by atoms with Gasteiger partial charge in [-0.2, -0.15) is 0 Å². The van der Waals surface area contributed by atoms with Crippen LogP contribution in [0.2, 0.25) is 0 Å². The summed E-state index contributed by atoms with van der Waals surface area (Å²) < 4.78 is 5.61. The van der Waals surface area contributed by atoms with Crippen molar-refractivity contribution in [1.82, 2.24) is 9.97 Å². The summed E-state index contributed by atoms with van der Waals surface area (Å²) >= 11 is 5.78. The molecule has 0 aliphatic carbocycles. The molecule has 0 fully saturated rings. The minimum atomic E-state index is 0.370. The maximum absolute atomic E-state index is 5.78. The molecule has 3 nitrogen and oxygen atoms in total. The van der Waals surface area contributed by atoms with E-state index in [1.165, 1.54) is 11.9 Å². The van der Waals surface area contributed by atoms with Crippen LogP contribution in [-0.4, -0.2) is 16.6 Å². The van der Waals surface area contributed by atoms with E-state index in [4.69, 9.17) is 16.3 Å². The van der Waals surface area contributed by atoms with E-state index in [1.54, 1.807) is 6.20 Å². The summed E-state index contributed by atoms with van der Waals surface area (Å²) in [5.41, 5.74) is 2.15. The monoisotopic (exact) mass is 262 g/mol. The standard InChI is InChI=1S/C14H15ClN2O/c15-9-13-10-16-11-17-14(13)18-8-4-7-12-5-2-1-3-6-12/h1-3,5-6,10-11H,4,7-9H2. The molecule has 0 aliphatic heterocycles. The molecular weight excluding hydrogens is 248 g/mol. The number of aryl methyl sites for hydroxylation is 1. The lowest BCUT2D eigenvalue weighted by Gasteiger charge is -2.07. The highest BCUT2D eigenvalue weighted by Crippen LogP contribution is 2.15. The lowest BCUT2D eigenvalue weighted by Crippen LogP contribution is -2.03. The zero-order valence-electron chi connectivity index (χ0n) is 10.1. The molecule has 0 unspecified atom stereocenters. The van der Waals surface area contributed by atoms with E-state index in [0.29, 0.717) is 18.4 Å². The summed E-state index contributed by atoms with van der Waals surface area (Å²) in [5.74, 6) is 0.961. The molecule has 0 bridgehead atoms. The third kappa shape index (κ3) is 3.70. The van der Waals surface area contributed by atoms with Crippen LogP contribution >= 0.6 is 11.6 Å². The van der Waals surface area contributed by atoms with E-state index in [2.05, 4.69) is 22.1 Å². The van der Waals surface area contributed by atoms with Gasteiger partial charge in [0.2, 0.25) is 5.88 Å². The second kappa shape index (κ2) is 6.97. The molecule has 0 amide bonds. The minimum Gasteiger partial charge on any atom is -0.477 e. The van der Waals surface area contributed by atoms with Gasteiger partial charge in [0.1, 0.15) is 6.33 Å². The number of aromatic nitrogens is 2. The smallest absolute Gasteiger partial charge is 0.220 e. The minimum absolute atomic E-state index is 0.370. The van der Waals surface area contributed by atoms with Crippen LogP contribution in [-0.2, 0) is 12.3 Å². The maximum atomic E-state index is 5.78. The Bertz CT molecular complexity index is 476. The topological polar surface area (TPSA) is 35.0 Å². The van der Waals surface area contributed by atoms with E-state index in [1.807, 2.05) is 18.2 Å². The SMILES string of the molecule is ClCc1cncnc1OCCCc1ccccc1. The van der Waals surface area contributed by atoms with Crippen molar-refractivity contribution in [2.75, 3.05) is 6.61 Å². The molecule has 0 spiro atoms. The van der Waals surface area contributed by atoms with Crippen molar-refractivity contribution in [1.29, 1.82) is 0 Å². The van der Waals surface area contributed by atoms with Gasteiger partial charge >= 0.3 is 0 Å². The number of benzene rings is 1. The highest BCUT2D eigenvalue weighted by Gasteiger charge is 2.03. The molecular formula is C14H15ClN2O. The Morgan fingerprint density at radius 2 is 2.00 bits per heavy atom. The van der Waals surface area contributed by atoms with Crippen LogP contribution < -0.4 is 4.74 Å². The van der Waals surface area contributed by atoms with Crippen molar-refractivity contribution in [2.45, 2.75) is 18.7 Å². The average Bonchev–Trinajstić information content (AvgIpc) is 2.45. The number of ether oxygens (including phenoxy) is 1. The van der Waals surface area contributed by atoms with Crippen LogP contribution in [0.5, 0.6) is 5.88 Å². The number of halogens is 1. The Kier molecular flexibility index (Phi) is 4.97. The molecule has 1 aromatic heterocycles. The molecule has 1 aromatic carbocycles. The van der Waals surface area contributed by atoms with Gasteiger partial charge in [0.15, 0.2) is 0 Å². The van der Waals surface area contributed by atoms with E-state index < -0.39 is 0 Å². The van der Waals surface area contributed by atoms with E-state index >= 15 is 0 Å². The van der Waals surface area contributed by atoms with E-state index in [9.17, 15) is 0 Å². The summed E-state index contributed by atoms with van der Waals surface area (Å²) in [6, 6.07) is 10.4. The molecule has 94 valence electrons. The first-order valence-electron chi connectivity index (χ1n) is 5.91. The lowest BCUT2D eigenvalue weighted by atomic mass is 10.1. The Labute approximate surface area is 112 Å². The number of rotatable bonds is 6. The van der Waals surface area contributed by atoms with E-state index in [-0.39, 0.29) is 0 Å². The van der Waals surface area contributed by atoms with Gasteiger partial charge in [0.05, 0.1) is 12.5 Å². The van der Waals surface area contributed by atoms with Gasteiger partial charge in [-0.15, -0.1) is 11.6 Å². The highest BCUT2D eigenvalue weighted by molar-refractivity contribution is 6.17. The molecule has 0 aliphatic rings. The second-order valence-corrected chi connectivity index (χ2v) is 4.19. The van der Waals surface area contributed by atoms with Crippen LogP contribution in [0.15, 0.2) is 42.9 Å². The zero-order chi connectivity index (χ0) is 12.6. The molecule has 0 saturated carbocycles. The fraction of sp³-hybridized carbons (Fsp3) is 0.286. The quantitative estimate of drug-likeness (QED) is 0.592. The molecule has 0 atom stereocenters. The summed E-state index contributed by atoms with van der Waals surface area (Å²) in [4.78, 5) is 7.99. The van der Waals surface area contributed by atoms with Crippen molar-refractivity contribution in [3.8, 4) is 5.88 Å². The molecule has 0 N–H and O–H groups in total. The summed E-state index contributed by atoms with van der Waals surface area (Å²) in [6.45, 7) is 0.635. The summed E-state index contributed by atoms with van der Waals surface area (Å²) in [7, 11) is 0. The van der Waals surface area contributed by atoms with Crippen LogP contribution in [0.25, 0.3) is 0 Å². The first-order valence-corrected chi connectivity index (χ1v) is 6.45. The van der Waals surface area contributed by atoms with Gasteiger partial charge in [-0.3, -0.25) is 0 Å². The van der Waals surface area contributed by atoms with Gasteiger partial charge in [0, 0.05) is 11.8 Å². The van der Waals surface area contributed by atoms with Crippen LogP contribution in [0, 0.1) is 0 Å². The Morgan fingerprint density at radius 3 is 2.78 bits per heavy atom. The second-order valence-electron chi connectivity index (χ2n) is 3.92. The number of hydrogen-bond acceptors (Lipinski definition) is 3. The number of nitrogens with zero attached hydrogens (tertiary/aromatic N) is 2. The first kappa shape index (κ1) is 12.8. The highest BCUT2D eigenvalue weighted by atomic mass is 35.5. The normalized spacial score (nSPS) is 10.3. The average molecular weight is 263 g/mol. The Hall–Kier alpha value is -1.61. The Balaban J connectivity index is 1.78. The van der Waals surface area contributed by atoms with Gasteiger partial charge in [0.25, 0.3) is 0 Å². The molecule has 0 saturated heterocycles. The summed E-state index contributed by atoms with van der Waals surface area (Å²) in [5, 5.41) is 0. The molecule has 18 heavy (non-hydrogen) atoms. The van der Waals surface area contributed by atoms with Crippen LogP contribution in [0.4, 0.5) is 0 Å². The van der Waals surface area contributed by atoms with Crippen molar-refractivity contribution < 1.29 is 4.74 Å². The van der Waals surface area contributed by atoms with E-state index in [0.717, 1.165) is 18.4 Å². The third-order valence-electron chi connectivity index (χ3n) is 2.58. The van der Waals surface area contributed by atoms with Gasteiger partial charge in [-0.25, -0.2) is 9.97 Å². The molecule has 4 heteroatoms. The van der Waals surface area contributed by atoms with Crippen molar-refractivity contribution in [2.24, 2.45) is 0 Å². The van der Waals surface area contributed by atoms with Crippen molar-refractivity contribution in [3.63, 3.8) is 0 Å². The van der Waals surface area contributed by atoms with Gasteiger partial charge in [-0.1, -0.05) is 30.3 Å². The van der Waals surface area contributed by atoms with Crippen molar-refractivity contribution >= 4 is 11.6 Å². The Morgan fingerprint density at radius 1 is 1.17 bits per heavy atom. The van der Waals surface area contributed by atoms with Crippen molar-refractivity contribution in [3.05, 3.63) is 54.0 Å². The molecule has 1 heterocycles. The zero-order valence-corrected chi connectivity index (χ0v) is 10.8. The first-order chi connectivity index (χ1) is 8.90. The third-order valence-corrected chi connectivity index (χ3v) is 2.87. The van der Waals surface area contributed by atoms with Crippen LogP contribution in [0.1, 0.15) is 17.5 Å². The summed E-state index contributed by atoms with van der Waals surface area (Å²) in [6.07, 6.45) is 5.12. The van der Waals surface area contributed by atoms with Gasteiger partial charge in [-0.05, 0) is 18.4 Å². The largest absolute Gasteiger partial charge is 0.477 e. The maximum Gasteiger partial charge on any atom is 0.220 e. The molecule has 2 aromatic rings. The fourth-order valence-electron chi connectivity index (χ4n) is 1.66. The number of hydrogen-bond donors (Lipinski definition) is 0. The van der Waals surface area contributed by atoms with Crippen LogP contribution in [0.3, 0.4) is 0 Å².